The first kappa shape index (κ1) is 25.9. The summed E-state index contributed by atoms with van der Waals surface area (Å²) in [5.41, 5.74) is -0.187. The highest BCUT2D eigenvalue weighted by Gasteiger charge is 2.53. The van der Waals surface area contributed by atoms with Crippen LogP contribution < -0.4 is 9.64 Å². The molecule has 206 valence electrons. The summed E-state index contributed by atoms with van der Waals surface area (Å²) in [5, 5.41) is 10.6. The number of likely N-dealkylation sites (tertiary alicyclic amines) is 1. The maximum absolute atomic E-state index is 15.1. The summed E-state index contributed by atoms with van der Waals surface area (Å²) >= 11 is 6.85. The Balaban J connectivity index is 1.53. The number of nitrogens with zero attached hydrogens (tertiary/aromatic N) is 5. The Labute approximate surface area is 231 Å². The molecule has 0 radical (unpaired) electrons. The van der Waals surface area contributed by atoms with Gasteiger partial charge in [-0.3, -0.25) is 9.59 Å². The highest BCUT2D eigenvalue weighted by molar-refractivity contribution is 6.35. The Hall–Kier alpha value is -3.37. The molecule has 11 heteroatoms. The minimum Gasteiger partial charge on any atom is -0.507 e. The van der Waals surface area contributed by atoms with Crippen molar-refractivity contribution in [1.82, 2.24) is 19.7 Å². The van der Waals surface area contributed by atoms with Crippen LogP contribution in [0.2, 0.25) is 5.02 Å². The predicted molar refractivity (Wildman–Crippen MR) is 145 cm³/mol. The van der Waals surface area contributed by atoms with Crippen LogP contribution in [0.15, 0.2) is 30.9 Å². The molecule has 0 spiro atoms. The van der Waals surface area contributed by atoms with Crippen molar-refractivity contribution in [3.05, 3.63) is 47.3 Å². The Bertz CT molecular complexity index is 1370. The van der Waals surface area contributed by atoms with Crippen LogP contribution >= 0.6 is 11.6 Å². The number of aromatic nitrogens is 1. The van der Waals surface area contributed by atoms with E-state index in [2.05, 4.69) is 30.4 Å². The highest BCUT2D eigenvalue weighted by Crippen LogP contribution is 2.50. The van der Waals surface area contributed by atoms with Crippen LogP contribution in [-0.2, 0) is 4.79 Å². The van der Waals surface area contributed by atoms with Gasteiger partial charge >= 0.3 is 0 Å². The lowest BCUT2D eigenvalue weighted by atomic mass is 9.93. The van der Waals surface area contributed by atoms with Crippen molar-refractivity contribution >= 4 is 29.2 Å². The van der Waals surface area contributed by atoms with E-state index < -0.39 is 11.9 Å². The number of benzene rings is 1. The van der Waals surface area contributed by atoms with Gasteiger partial charge < -0.3 is 29.4 Å². The lowest BCUT2D eigenvalue weighted by Crippen LogP contribution is -2.57. The third kappa shape index (κ3) is 3.87. The number of phenolic OH excluding ortho intramolecular Hbond substituents is 1. The molecule has 0 bridgehead atoms. The molecule has 3 saturated heterocycles. The van der Waals surface area contributed by atoms with Gasteiger partial charge in [-0.2, -0.15) is 0 Å². The first-order valence-corrected chi connectivity index (χ1v) is 13.6. The lowest BCUT2D eigenvalue weighted by molar-refractivity contribution is -0.128. The van der Waals surface area contributed by atoms with E-state index in [0.717, 1.165) is 19.4 Å². The Morgan fingerprint density at radius 2 is 2.08 bits per heavy atom. The van der Waals surface area contributed by atoms with Crippen LogP contribution in [0.25, 0.3) is 11.3 Å². The molecule has 39 heavy (non-hydrogen) atoms. The van der Waals surface area contributed by atoms with Crippen molar-refractivity contribution in [2.75, 3.05) is 51.3 Å². The van der Waals surface area contributed by atoms with Crippen LogP contribution in [0, 0.1) is 5.82 Å². The third-order valence-electron chi connectivity index (χ3n) is 8.89. The first-order chi connectivity index (χ1) is 18.7. The molecule has 4 aliphatic rings. The fourth-order valence-electron chi connectivity index (χ4n) is 6.78. The zero-order valence-electron chi connectivity index (χ0n) is 22.0. The molecule has 1 aromatic heterocycles. The number of pyridine rings is 1. The number of piperazine rings is 1. The Morgan fingerprint density at radius 1 is 1.28 bits per heavy atom. The van der Waals surface area contributed by atoms with Crippen LogP contribution in [0.5, 0.6) is 11.5 Å². The smallest absolute Gasteiger partial charge is 0.261 e. The fraction of sp³-hybridized carbons (Fsp3) is 0.464. The number of hydrogen-bond donors (Lipinski definition) is 1. The van der Waals surface area contributed by atoms with Gasteiger partial charge in [0.05, 0.1) is 17.1 Å². The molecular weight excluding hydrogens is 525 g/mol. The number of amides is 2. The number of phenols is 1. The lowest BCUT2D eigenvalue weighted by Gasteiger charge is -2.40. The topological polar surface area (TPSA) is 89.5 Å². The molecule has 0 unspecified atom stereocenters. The van der Waals surface area contributed by atoms with Gasteiger partial charge in [0.25, 0.3) is 5.91 Å². The van der Waals surface area contributed by atoms with Crippen molar-refractivity contribution in [2.24, 2.45) is 0 Å². The molecule has 3 atom stereocenters. The zero-order chi connectivity index (χ0) is 27.6. The molecule has 9 nitrogen and oxygen atoms in total. The summed E-state index contributed by atoms with van der Waals surface area (Å²) in [5.74, 6) is -0.982. The largest absolute Gasteiger partial charge is 0.507 e. The molecule has 2 aromatic rings. The summed E-state index contributed by atoms with van der Waals surface area (Å²) in [6, 6.07) is 3.87. The van der Waals surface area contributed by atoms with Gasteiger partial charge in [-0.15, -0.1) is 0 Å². The molecule has 1 N–H and O–H groups in total. The monoisotopic (exact) mass is 555 g/mol. The number of anilines is 1. The molecule has 2 amide bonds. The summed E-state index contributed by atoms with van der Waals surface area (Å²) in [6.45, 7) is 8.37. The molecule has 4 aliphatic heterocycles. The average molecular weight is 556 g/mol. The summed E-state index contributed by atoms with van der Waals surface area (Å²) < 4.78 is 21.4. The number of fused-ring (bicyclic) bond motifs is 3. The second kappa shape index (κ2) is 9.38. The highest BCUT2D eigenvalue weighted by atomic mass is 35.5. The number of rotatable bonds is 3. The van der Waals surface area contributed by atoms with Crippen molar-refractivity contribution in [3.63, 3.8) is 0 Å². The van der Waals surface area contributed by atoms with E-state index in [1.54, 1.807) is 9.80 Å². The van der Waals surface area contributed by atoms with Crippen LogP contribution in [0.4, 0.5) is 10.2 Å². The number of halogens is 2. The van der Waals surface area contributed by atoms with Gasteiger partial charge in [0, 0.05) is 38.8 Å². The van der Waals surface area contributed by atoms with Gasteiger partial charge in [-0.1, -0.05) is 24.2 Å². The quantitative estimate of drug-likeness (QED) is 0.582. The maximum Gasteiger partial charge on any atom is 0.261 e. The van der Waals surface area contributed by atoms with E-state index in [1.165, 1.54) is 24.3 Å². The Kier molecular flexibility index (Phi) is 6.22. The van der Waals surface area contributed by atoms with E-state index in [9.17, 15) is 14.7 Å². The normalized spacial score (nSPS) is 26.6. The fourth-order valence-corrected chi connectivity index (χ4v) is 7.07. The number of carbonyl (C=O) groups is 2. The standard InChI is InChI=1S/C28H31ClFN5O4/c1-4-20(37)33-12-13-34-16(14-33)15-39-25-22(27(34)38)26(35-10-8-19-28(35,2)9-11-32(19)3)31-24(23(25)29)21-17(30)6-5-7-18(21)36/h4-7,16,19,36H,1,8-15H2,2-3H3/t16-,19-,28-/m1/s1. The zero-order valence-corrected chi connectivity index (χ0v) is 22.7. The van der Waals surface area contributed by atoms with Crippen molar-refractivity contribution in [2.45, 2.75) is 37.4 Å². The van der Waals surface area contributed by atoms with Crippen LogP contribution in [0.1, 0.15) is 30.1 Å². The summed E-state index contributed by atoms with van der Waals surface area (Å²) in [7, 11) is 2.10. The van der Waals surface area contributed by atoms with Gasteiger partial charge in [0.1, 0.15) is 40.3 Å². The van der Waals surface area contributed by atoms with Crippen molar-refractivity contribution < 1.29 is 23.8 Å². The summed E-state index contributed by atoms with van der Waals surface area (Å²) in [6.07, 6.45) is 3.01. The molecule has 0 aliphatic carbocycles. The molecule has 5 heterocycles. The average Bonchev–Trinajstić information content (AvgIpc) is 3.36. The third-order valence-corrected chi connectivity index (χ3v) is 9.24. The first-order valence-electron chi connectivity index (χ1n) is 13.2. The Morgan fingerprint density at radius 3 is 2.82 bits per heavy atom. The molecule has 6 rings (SSSR count). The van der Waals surface area contributed by atoms with E-state index in [-0.39, 0.29) is 63.3 Å². The predicted octanol–water partition coefficient (Wildman–Crippen LogP) is 3.15. The minimum atomic E-state index is -0.683. The molecular formula is C28H31ClFN5O4. The summed E-state index contributed by atoms with van der Waals surface area (Å²) in [4.78, 5) is 39.2. The number of ether oxygens (including phenoxy) is 1. The van der Waals surface area contributed by atoms with Gasteiger partial charge in [0.2, 0.25) is 5.91 Å². The minimum absolute atomic E-state index is 0.0237. The number of hydrogen-bond acceptors (Lipinski definition) is 7. The number of carbonyl (C=O) groups excluding carboxylic acids is 2. The van der Waals surface area contributed by atoms with Gasteiger partial charge in [0.15, 0.2) is 5.75 Å². The van der Waals surface area contributed by atoms with E-state index >= 15 is 4.39 Å². The number of likely N-dealkylation sites (N-methyl/N-ethyl adjacent to an activating group) is 1. The SMILES string of the molecule is C=CC(=O)N1CCN2C(=O)c3c(N4CC[C@H]5N(C)CC[C@]54C)nc(-c4c(O)cccc4F)c(Cl)c3OC[C@H]2C1. The van der Waals surface area contributed by atoms with Crippen molar-refractivity contribution in [1.29, 1.82) is 0 Å². The second-order valence-electron chi connectivity index (χ2n) is 10.9. The van der Waals surface area contributed by atoms with E-state index in [4.69, 9.17) is 21.3 Å². The van der Waals surface area contributed by atoms with Gasteiger partial charge in [-0.25, -0.2) is 9.37 Å². The molecule has 3 fully saturated rings. The van der Waals surface area contributed by atoms with E-state index in [1.807, 2.05) is 0 Å². The van der Waals surface area contributed by atoms with Crippen LogP contribution in [0.3, 0.4) is 0 Å². The maximum atomic E-state index is 15.1. The second-order valence-corrected chi connectivity index (χ2v) is 11.3. The molecule has 1 aromatic carbocycles. The van der Waals surface area contributed by atoms with E-state index in [0.29, 0.717) is 32.0 Å². The van der Waals surface area contributed by atoms with Crippen molar-refractivity contribution in [3.8, 4) is 22.8 Å². The molecule has 0 saturated carbocycles. The van der Waals surface area contributed by atoms with Gasteiger partial charge in [-0.05, 0) is 45.0 Å². The number of aromatic hydroxyl groups is 1. The van der Waals surface area contributed by atoms with Crippen LogP contribution in [-0.4, -0.2) is 101 Å².